The highest BCUT2D eigenvalue weighted by molar-refractivity contribution is 6.33. The number of rotatable bonds is 6. The number of benzene rings is 1. The van der Waals surface area contributed by atoms with Crippen LogP contribution in [0.5, 0.6) is 0 Å². The molecule has 0 aromatic heterocycles. The summed E-state index contributed by atoms with van der Waals surface area (Å²) >= 11 is 6.49. The van der Waals surface area contributed by atoms with Crippen LogP contribution in [0, 0.1) is 0 Å². The maximum atomic E-state index is 6.49. The van der Waals surface area contributed by atoms with Gasteiger partial charge in [0.25, 0.3) is 0 Å². The van der Waals surface area contributed by atoms with Crippen molar-refractivity contribution in [1.29, 1.82) is 0 Å². The molecule has 0 saturated carbocycles. The third-order valence-electron chi connectivity index (χ3n) is 4.15. The second-order valence-corrected chi connectivity index (χ2v) is 6.49. The number of anilines is 1. The summed E-state index contributed by atoms with van der Waals surface area (Å²) in [5, 5.41) is 4.30. The maximum absolute atomic E-state index is 6.49. The monoisotopic (exact) mass is 309 g/mol. The van der Waals surface area contributed by atoms with Crippen LogP contribution in [0.2, 0.25) is 5.02 Å². The van der Waals surface area contributed by atoms with Crippen molar-refractivity contribution in [2.24, 2.45) is 0 Å². The molecule has 1 fully saturated rings. The van der Waals surface area contributed by atoms with Crippen LogP contribution in [0.25, 0.3) is 0 Å². The van der Waals surface area contributed by atoms with E-state index in [4.69, 9.17) is 11.6 Å². The van der Waals surface area contributed by atoms with E-state index in [9.17, 15) is 0 Å². The van der Waals surface area contributed by atoms with E-state index in [1.165, 1.54) is 11.3 Å². The lowest BCUT2D eigenvalue weighted by Crippen LogP contribution is -2.49. The van der Waals surface area contributed by atoms with E-state index in [0.717, 1.165) is 50.7 Å². The largest absolute Gasteiger partial charge is 0.368 e. The number of piperazine rings is 1. The standard InChI is InChI=1S/C17H28ClN3/c1-4-7-19-13-15-5-6-17(16(18)12-15)21-10-8-20(9-11-21)14(2)3/h5-6,12,14,19H,4,7-11,13H2,1-3H3. The van der Waals surface area contributed by atoms with Crippen LogP contribution in [-0.2, 0) is 6.54 Å². The zero-order valence-corrected chi connectivity index (χ0v) is 14.3. The fourth-order valence-electron chi connectivity index (χ4n) is 2.81. The molecule has 0 radical (unpaired) electrons. The van der Waals surface area contributed by atoms with Crippen LogP contribution >= 0.6 is 11.6 Å². The van der Waals surface area contributed by atoms with Gasteiger partial charge in [0, 0.05) is 38.8 Å². The zero-order chi connectivity index (χ0) is 15.2. The predicted molar refractivity (Wildman–Crippen MR) is 92.4 cm³/mol. The molecule has 1 saturated heterocycles. The van der Waals surface area contributed by atoms with Gasteiger partial charge in [0.2, 0.25) is 0 Å². The minimum Gasteiger partial charge on any atom is -0.368 e. The highest BCUT2D eigenvalue weighted by atomic mass is 35.5. The topological polar surface area (TPSA) is 18.5 Å². The molecule has 1 N–H and O–H groups in total. The third-order valence-corrected chi connectivity index (χ3v) is 4.46. The Morgan fingerprint density at radius 1 is 1.19 bits per heavy atom. The fraction of sp³-hybridized carbons (Fsp3) is 0.647. The molecule has 1 aromatic carbocycles. The Morgan fingerprint density at radius 3 is 2.48 bits per heavy atom. The molecule has 0 amide bonds. The van der Waals surface area contributed by atoms with Crippen LogP contribution in [0.4, 0.5) is 5.69 Å². The van der Waals surface area contributed by atoms with Gasteiger partial charge in [-0.15, -0.1) is 0 Å². The minimum absolute atomic E-state index is 0.634. The first kappa shape index (κ1) is 16.6. The Hall–Kier alpha value is -0.770. The summed E-state index contributed by atoms with van der Waals surface area (Å²) in [5.41, 5.74) is 2.44. The van der Waals surface area contributed by atoms with Crippen LogP contribution in [0.3, 0.4) is 0 Å². The molecular weight excluding hydrogens is 282 g/mol. The Morgan fingerprint density at radius 2 is 1.90 bits per heavy atom. The molecule has 0 spiro atoms. The van der Waals surface area contributed by atoms with Gasteiger partial charge in [-0.3, -0.25) is 4.90 Å². The quantitative estimate of drug-likeness (QED) is 0.813. The first-order valence-corrected chi connectivity index (χ1v) is 8.47. The molecule has 2 rings (SSSR count). The Labute approximate surface area is 134 Å². The number of nitrogens with one attached hydrogen (secondary N) is 1. The number of nitrogens with zero attached hydrogens (tertiary/aromatic N) is 2. The highest BCUT2D eigenvalue weighted by Crippen LogP contribution is 2.28. The number of halogens is 1. The van der Waals surface area contributed by atoms with Gasteiger partial charge in [-0.1, -0.05) is 24.6 Å². The van der Waals surface area contributed by atoms with Gasteiger partial charge >= 0.3 is 0 Å². The lowest BCUT2D eigenvalue weighted by Gasteiger charge is -2.38. The smallest absolute Gasteiger partial charge is 0.0642 e. The molecule has 1 heterocycles. The highest BCUT2D eigenvalue weighted by Gasteiger charge is 2.20. The molecule has 0 atom stereocenters. The van der Waals surface area contributed by atoms with Crippen LogP contribution in [0.1, 0.15) is 32.8 Å². The van der Waals surface area contributed by atoms with Crippen molar-refractivity contribution in [3.8, 4) is 0 Å². The van der Waals surface area contributed by atoms with Gasteiger partial charge in [0.1, 0.15) is 0 Å². The summed E-state index contributed by atoms with van der Waals surface area (Å²) in [6, 6.07) is 7.11. The van der Waals surface area contributed by atoms with Crippen molar-refractivity contribution < 1.29 is 0 Å². The van der Waals surface area contributed by atoms with Crippen molar-refractivity contribution in [1.82, 2.24) is 10.2 Å². The maximum Gasteiger partial charge on any atom is 0.0642 e. The van der Waals surface area contributed by atoms with E-state index in [-0.39, 0.29) is 0 Å². The molecule has 4 heteroatoms. The molecule has 1 aliphatic heterocycles. The van der Waals surface area contributed by atoms with Crippen molar-refractivity contribution in [3.05, 3.63) is 28.8 Å². The van der Waals surface area contributed by atoms with E-state index in [2.05, 4.69) is 54.1 Å². The Balaban J connectivity index is 1.95. The molecule has 0 bridgehead atoms. The van der Waals surface area contributed by atoms with E-state index < -0.39 is 0 Å². The van der Waals surface area contributed by atoms with Gasteiger partial charge in [-0.05, 0) is 44.5 Å². The second kappa shape index (κ2) is 8.02. The van der Waals surface area contributed by atoms with Gasteiger partial charge < -0.3 is 10.2 Å². The summed E-state index contributed by atoms with van der Waals surface area (Å²) in [7, 11) is 0. The number of hydrogen-bond donors (Lipinski definition) is 1. The van der Waals surface area contributed by atoms with Gasteiger partial charge in [-0.2, -0.15) is 0 Å². The van der Waals surface area contributed by atoms with Crippen molar-refractivity contribution in [2.45, 2.75) is 39.8 Å². The zero-order valence-electron chi connectivity index (χ0n) is 13.5. The van der Waals surface area contributed by atoms with E-state index in [0.29, 0.717) is 6.04 Å². The SMILES string of the molecule is CCCNCc1ccc(N2CCN(C(C)C)CC2)c(Cl)c1. The Kier molecular flexibility index (Phi) is 6.34. The van der Waals surface area contributed by atoms with Crippen LogP contribution in [0.15, 0.2) is 18.2 Å². The summed E-state index contributed by atoms with van der Waals surface area (Å²) in [6.45, 7) is 13.0. The predicted octanol–water partition coefficient (Wildman–Crippen LogP) is 3.37. The summed E-state index contributed by atoms with van der Waals surface area (Å²) in [6.07, 6.45) is 1.16. The fourth-order valence-corrected chi connectivity index (χ4v) is 3.13. The van der Waals surface area contributed by atoms with Crippen molar-refractivity contribution >= 4 is 17.3 Å². The molecule has 118 valence electrons. The summed E-state index contributed by atoms with van der Waals surface area (Å²) in [4.78, 5) is 4.93. The lowest BCUT2D eigenvalue weighted by molar-refractivity contribution is 0.209. The summed E-state index contributed by atoms with van der Waals surface area (Å²) < 4.78 is 0. The molecular formula is C17H28ClN3. The van der Waals surface area contributed by atoms with Crippen LogP contribution < -0.4 is 10.2 Å². The second-order valence-electron chi connectivity index (χ2n) is 6.08. The van der Waals surface area contributed by atoms with E-state index in [1.807, 2.05) is 0 Å². The number of hydrogen-bond acceptors (Lipinski definition) is 3. The van der Waals surface area contributed by atoms with E-state index >= 15 is 0 Å². The van der Waals surface area contributed by atoms with Crippen molar-refractivity contribution in [3.63, 3.8) is 0 Å². The average Bonchev–Trinajstić information content (AvgIpc) is 2.48. The summed E-state index contributed by atoms with van der Waals surface area (Å²) in [5.74, 6) is 0. The third kappa shape index (κ3) is 4.60. The molecule has 0 unspecified atom stereocenters. The lowest BCUT2D eigenvalue weighted by atomic mass is 10.1. The molecule has 1 aliphatic rings. The molecule has 1 aromatic rings. The van der Waals surface area contributed by atoms with E-state index in [1.54, 1.807) is 0 Å². The van der Waals surface area contributed by atoms with Crippen molar-refractivity contribution in [2.75, 3.05) is 37.6 Å². The first-order chi connectivity index (χ1) is 10.1. The van der Waals surface area contributed by atoms with Gasteiger partial charge in [0.15, 0.2) is 0 Å². The molecule has 21 heavy (non-hydrogen) atoms. The average molecular weight is 310 g/mol. The first-order valence-electron chi connectivity index (χ1n) is 8.10. The van der Waals surface area contributed by atoms with Gasteiger partial charge in [-0.25, -0.2) is 0 Å². The Bertz CT molecular complexity index is 440. The molecule has 3 nitrogen and oxygen atoms in total. The minimum atomic E-state index is 0.634. The van der Waals surface area contributed by atoms with Gasteiger partial charge in [0.05, 0.1) is 10.7 Å². The normalized spacial score (nSPS) is 16.7. The molecule has 0 aliphatic carbocycles. The van der Waals surface area contributed by atoms with Crippen LogP contribution in [-0.4, -0.2) is 43.7 Å².